The van der Waals surface area contributed by atoms with E-state index in [4.69, 9.17) is 4.74 Å². The summed E-state index contributed by atoms with van der Waals surface area (Å²) in [5.41, 5.74) is 0.547. The van der Waals surface area contributed by atoms with Crippen LogP contribution in [0.1, 0.15) is 115 Å². The first-order valence-electron chi connectivity index (χ1n) is 13.4. The molecule has 2 saturated carbocycles. The summed E-state index contributed by atoms with van der Waals surface area (Å²) in [6, 6.07) is 3.35. The fourth-order valence-electron chi connectivity index (χ4n) is 6.09. The highest BCUT2D eigenvalue weighted by Gasteiger charge is 2.32. The van der Waals surface area contributed by atoms with Gasteiger partial charge in [0, 0.05) is 0 Å². The Kier molecular flexibility index (Phi) is 10.5. The van der Waals surface area contributed by atoms with Crippen molar-refractivity contribution in [2.45, 2.75) is 110 Å². The predicted molar refractivity (Wildman–Crippen MR) is 130 cm³/mol. The Morgan fingerprint density at radius 1 is 0.844 bits per heavy atom. The molecule has 0 spiro atoms. The number of hydrogen-bond donors (Lipinski definition) is 0. The molecule has 1 aromatic carbocycles. The van der Waals surface area contributed by atoms with Gasteiger partial charge in [0.15, 0.2) is 11.6 Å². The van der Waals surface area contributed by atoms with Crippen molar-refractivity contribution in [1.82, 2.24) is 0 Å². The van der Waals surface area contributed by atoms with Gasteiger partial charge in [0.05, 0.1) is 0 Å². The molecule has 32 heavy (non-hydrogen) atoms. The summed E-state index contributed by atoms with van der Waals surface area (Å²) in [5.74, 6) is 1.22. The van der Waals surface area contributed by atoms with Gasteiger partial charge in [0.25, 0.3) is 0 Å². The van der Waals surface area contributed by atoms with Crippen LogP contribution in [-0.2, 0) is 0 Å². The van der Waals surface area contributed by atoms with E-state index in [2.05, 4.69) is 6.92 Å². The maximum Gasteiger partial charge on any atom is 0.200 e. The van der Waals surface area contributed by atoms with Crippen LogP contribution in [0.5, 0.6) is 5.75 Å². The molecule has 0 atom stereocenters. The van der Waals surface area contributed by atoms with Crippen molar-refractivity contribution in [2.24, 2.45) is 17.8 Å². The molecule has 2 fully saturated rings. The summed E-state index contributed by atoms with van der Waals surface area (Å²) in [7, 11) is 0. The summed E-state index contributed by atoms with van der Waals surface area (Å²) in [6.45, 7) is 4.42. The zero-order valence-corrected chi connectivity index (χ0v) is 20.4. The number of unbranched alkanes of at least 4 members (excludes halogenated alkanes) is 4. The van der Waals surface area contributed by atoms with E-state index in [0.717, 1.165) is 43.4 Å². The highest BCUT2D eigenvalue weighted by atomic mass is 19.2. The van der Waals surface area contributed by atoms with E-state index >= 15 is 0 Å². The van der Waals surface area contributed by atoms with Crippen LogP contribution < -0.4 is 4.74 Å². The van der Waals surface area contributed by atoms with Crippen LogP contribution in [0.4, 0.5) is 8.78 Å². The quantitative estimate of drug-likeness (QED) is 0.243. The second kappa shape index (κ2) is 13.4. The van der Waals surface area contributed by atoms with Gasteiger partial charge in [-0.1, -0.05) is 76.5 Å². The Morgan fingerprint density at radius 2 is 1.50 bits per heavy atom. The molecule has 0 saturated heterocycles. The molecule has 0 aromatic heterocycles. The number of ether oxygens (including phenoxy) is 1. The maximum atomic E-state index is 14.7. The fourth-order valence-corrected chi connectivity index (χ4v) is 6.09. The first-order chi connectivity index (χ1) is 15.6. The predicted octanol–water partition coefficient (Wildman–Crippen LogP) is 9.36. The molecule has 0 bridgehead atoms. The van der Waals surface area contributed by atoms with E-state index < -0.39 is 11.6 Å². The molecule has 0 aliphatic heterocycles. The Labute approximate surface area is 195 Å². The number of allylic oxidation sites excluding steroid dienone is 1. The van der Waals surface area contributed by atoms with Crippen LogP contribution in [0.2, 0.25) is 0 Å². The van der Waals surface area contributed by atoms with Crippen molar-refractivity contribution < 1.29 is 13.5 Å². The average molecular weight is 447 g/mol. The van der Waals surface area contributed by atoms with Crippen LogP contribution >= 0.6 is 0 Å². The third-order valence-electron chi connectivity index (χ3n) is 8.13. The summed E-state index contributed by atoms with van der Waals surface area (Å²) in [4.78, 5) is 0. The van der Waals surface area contributed by atoms with Crippen molar-refractivity contribution in [3.63, 3.8) is 0 Å². The van der Waals surface area contributed by atoms with Gasteiger partial charge in [-0.05, 0) is 80.8 Å². The molecule has 0 N–H and O–H groups in total. The number of benzene rings is 1. The summed E-state index contributed by atoms with van der Waals surface area (Å²) in [6.07, 6.45) is 21.9. The third kappa shape index (κ3) is 7.06. The van der Waals surface area contributed by atoms with Crippen LogP contribution in [0.25, 0.3) is 0 Å². The molecule has 0 amide bonds. The van der Waals surface area contributed by atoms with Crippen molar-refractivity contribution in [3.8, 4) is 5.75 Å². The first-order valence-corrected chi connectivity index (χ1v) is 13.4. The first kappa shape index (κ1) is 25.2. The highest BCUT2D eigenvalue weighted by Crippen LogP contribution is 2.45. The molecule has 0 heterocycles. The van der Waals surface area contributed by atoms with Crippen molar-refractivity contribution >= 4 is 0 Å². The van der Waals surface area contributed by atoms with Gasteiger partial charge < -0.3 is 4.74 Å². The molecule has 1 aromatic rings. The maximum absolute atomic E-state index is 14.7. The lowest BCUT2D eigenvalue weighted by Crippen LogP contribution is -2.25. The molecule has 0 unspecified atom stereocenters. The number of halogens is 2. The minimum Gasteiger partial charge on any atom is -0.486 e. The van der Waals surface area contributed by atoms with Gasteiger partial charge in [0.2, 0.25) is 5.82 Å². The summed E-state index contributed by atoms with van der Waals surface area (Å²) < 4.78 is 34.6. The molecular formula is C29H44F2O. The molecule has 3 rings (SSSR count). The lowest BCUT2D eigenvalue weighted by molar-refractivity contribution is 0.155. The second-order valence-corrected chi connectivity index (χ2v) is 10.3. The van der Waals surface area contributed by atoms with Gasteiger partial charge in [0.1, 0.15) is 6.61 Å². The molecule has 180 valence electrons. The van der Waals surface area contributed by atoms with E-state index in [1.165, 1.54) is 64.2 Å². The van der Waals surface area contributed by atoms with Crippen molar-refractivity contribution in [2.75, 3.05) is 6.61 Å². The fraction of sp³-hybridized carbons (Fsp3) is 0.724. The van der Waals surface area contributed by atoms with E-state index in [1.54, 1.807) is 18.2 Å². The minimum absolute atomic E-state index is 0.0140. The standard InChI is InChI=1S/C29H44F2O/c1-3-5-7-8-9-10-22-11-13-23(14-12-22)24-15-17-25(18-16-24)26-19-20-27(29(31)28(26)30)32-21-6-4-2/h4,6,19-20,22-25H,3,5,7-18,21H2,1-2H3/b6-4+. The highest BCUT2D eigenvalue weighted by molar-refractivity contribution is 5.33. The Morgan fingerprint density at radius 3 is 2.16 bits per heavy atom. The largest absolute Gasteiger partial charge is 0.486 e. The Balaban J connectivity index is 1.42. The van der Waals surface area contributed by atoms with E-state index in [1.807, 2.05) is 13.0 Å². The van der Waals surface area contributed by atoms with Gasteiger partial charge in [-0.3, -0.25) is 0 Å². The number of hydrogen-bond acceptors (Lipinski definition) is 1. The summed E-state index contributed by atoms with van der Waals surface area (Å²) in [5, 5.41) is 0. The van der Waals surface area contributed by atoms with Crippen LogP contribution in [0, 0.1) is 29.4 Å². The van der Waals surface area contributed by atoms with Gasteiger partial charge in [-0.15, -0.1) is 0 Å². The van der Waals surface area contributed by atoms with Crippen molar-refractivity contribution in [3.05, 3.63) is 41.5 Å². The van der Waals surface area contributed by atoms with Crippen LogP contribution in [-0.4, -0.2) is 6.61 Å². The average Bonchev–Trinajstić information content (AvgIpc) is 2.82. The second-order valence-electron chi connectivity index (χ2n) is 10.3. The van der Waals surface area contributed by atoms with Gasteiger partial charge >= 0.3 is 0 Å². The van der Waals surface area contributed by atoms with Gasteiger partial charge in [-0.25, -0.2) is 4.39 Å². The molecule has 2 aliphatic rings. The lowest BCUT2D eigenvalue weighted by atomic mass is 9.68. The third-order valence-corrected chi connectivity index (χ3v) is 8.13. The molecule has 1 nitrogen and oxygen atoms in total. The van der Waals surface area contributed by atoms with E-state index in [9.17, 15) is 8.78 Å². The topological polar surface area (TPSA) is 9.23 Å². The van der Waals surface area contributed by atoms with Crippen molar-refractivity contribution in [1.29, 1.82) is 0 Å². The number of rotatable bonds is 11. The molecular weight excluding hydrogens is 402 g/mol. The SMILES string of the molecule is C/C=C/COc1ccc(C2CCC(C3CCC(CCCCCCC)CC3)CC2)c(F)c1F. The molecule has 2 aliphatic carbocycles. The lowest BCUT2D eigenvalue weighted by Gasteiger charge is -2.38. The molecule has 0 radical (unpaired) electrons. The smallest absolute Gasteiger partial charge is 0.200 e. The summed E-state index contributed by atoms with van der Waals surface area (Å²) >= 11 is 0. The van der Waals surface area contributed by atoms with Crippen LogP contribution in [0.15, 0.2) is 24.3 Å². The Hall–Kier alpha value is -1.38. The van der Waals surface area contributed by atoms with Gasteiger partial charge in [-0.2, -0.15) is 4.39 Å². The normalized spacial score (nSPS) is 26.5. The van der Waals surface area contributed by atoms with E-state index in [-0.39, 0.29) is 18.3 Å². The van der Waals surface area contributed by atoms with E-state index in [0.29, 0.717) is 5.56 Å². The monoisotopic (exact) mass is 446 g/mol. The minimum atomic E-state index is -0.831. The Bertz CT molecular complexity index is 697. The zero-order chi connectivity index (χ0) is 22.8. The zero-order valence-electron chi connectivity index (χ0n) is 20.4. The molecule has 3 heteroatoms. The van der Waals surface area contributed by atoms with Crippen LogP contribution in [0.3, 0.4) is 0 Å².